The maximum atomic E-state index is 13.3. The predicted octanol–water partition coefficient (Wildman–Crippen LogP) is 2.92. The first-order valence-electron chi connectivity index (χ1n) is 6.31. The fourth-order valence-corrected chi connectivity index (χ4v) is 2.23. The highest BCUT2D eigenvalue weighted by molar-refractivity contribution is 5.88. The SMILES string of the molecule is CCC1(CNC(=O)Nc2ncccc2F)CCC1. The number of amides is 2. The summed E-state index contributed by atoms with van der Waals surface area (Å²) in [7, 11) is 0. The van der Waals surface area contributed by atoms with Crippen molar-refractivity contribution in [2.45, 2.75) is 32.6 Å². The second-order valence-corrected chi connectivity index (χ2v) is 4.85. The minimum Gasteiger partial charge on any atom is -0.337 e. The second kappa shape index (κ2) is 5.33. The maximum absolute atomic E-state index is 13.3. The molecule has 0 unspecified atom stereocenters. The Hall–Kier alpha value is -1.65. The van der Waals surface area contributed by atoms with E-state index in [1.54, 1.807) is 0 Å². The van der Waals surface area contributed by atoms with Crippen LogP contribution in [0.1, 0.15) is 32.6 Å². The zero-order valence-electron chi connectivity index (χ0n) is 10.5. The highest BCUT2D eigenvalue weighted by Gasteiger charge is 2.35. The van der Waals surface area contributed by atoms with Crippen LogP contribution in [0, 0.1) is 11.2 Å². The van der Waals surface area contributed by atoms with Gasteiger partial charge >= 0.3 is 6.03 Å². The third-order valence-corrected chi connectivity index (χ3v) is 3.78. The summed E-state index contributed by atoms with van der Waals surface area (Å²) in [5.41, 5.74) is 0.250. The Morgan fingerprint density at radius 2 is 2.33 bits per heavy atom. The fraction of sp³-hybridized carbons (Fsp3) is 0.538. The standard InChI is InChI=1S/C13H18FN3O/c1-2-13(6-4-7-13)9-16-12(18)17-11-10(14)5-3-8-15-11/h3,5,8H,2,4,6-7,9H2,1H3,(H2,15,16,17,18). The normalized spacial score (nSPS) is 16.8. The molecule has 4 nitrogen and oxygen atoms in total. The second-order valence-electron chi connectivity index (χ2n) is 4.85. The molecule has 1 aromatic heterocycles. The first-order chi connectivity index (χ1) is 8.65. The number of carbonyl (C=O) groups excluding carboxylic acids is 1. The molecule has 1 aliphatic rings. The van der Waals surface area contributed by atoms with E-state index < -0.39 is 11.8 Å². The Bertz CT molecular complexity index is 426. The number of nitrogens with zero attached hydrogens (tertiary/aromatic N) is 1. The Morgan fingerprint density at radius 3 is 2.89 bits per heavy atom. The Kier molecular flexibility index (Phi) is 3.79. The number of urea groups is 1. The van der Waals surface area contributed by atoms with Crippen LogP contribution in [0.5, 0.6) is 0 Å². The third-order valence-electron chi connectivity index (χ3n) is 3.78. The lowest BCUT2D eigenvalue weighted by Crippen LogP contribution is -2.43. The van der Waals surface area contributed by atoms with Crippen molar-refractivity contribution in [3.63, 3.8) is 0 Å². The van der Waals surface area contributed by atoms with Gasteiger partial charge in [-0.3, -0.25) is 5.32 Å². The highest BCUT2D eigenvalue weighted by atomic mass is 19.1. The summed E-state index contributed by atoms with van der Waals surface area (Å²) < 4.78 is 13.3. The zero-order chi connectivity index (χ0) is 13.0. The largest absolute Gasteiger partial charge is 0.337 e. The average molecular weight is 251 g/mol. The molecule has 2 rings (SSSR count). The van der Waals surface area contributed by atoms with Gasteiger partial charge < -0.3 is 5.32 Å². The molecule has 1 aromatic rings. The maximum Gasteiger partial charge on any atom is 0.320 e. The van der Waals surface area contributed by atoms with Crippen LogP contribution >= 0.6 is 0 Å². The highest BCUT2D eigenvalue weighted by Crippen LogP contribution is 2.42. The van der Waals surface area contributed by atoms with Crippen molar-refractivity contribution in [1.82, 2.24) is 10.3 Å². The van der Waals surface area contributed by atoms with E-state index in [9.17, 15) is 9.18 Å². The number of rotatable bonds is 4. The summed E-state index contributed by atoms with van der Waals surface area (Å²) in [5, 5.41) is 5.21. The van der Waals surface area contributed by atoms with Gasteiger partial charge in [0.15, 0.2) is 11.6 Å². The summed E-state index contributed by atoms with van der Waals surface area (Å²) in [6.07, 6.45) is 6.04. The van der Waals surface area contributed by atoms with Gasteiger partial charge in [0.1, 0.15) is 0 Å². The molecule has 0 atom stereocenters. The van der Waals surface area contributed by atoms with E-state index in [-0.39, 0.29) is 11.2 Å². The first kappa shape index (κ1) is 12.8. The quantitative estimate of drug-likeness (QED) is 0.864. The van der Waals surface area contributed by atoms with Crippen molar-refractivity contribution < 1.29 is 9.18 Å². The van der Waals surface area contributed by atoms with Crippen molar-refractivity contribution in [1.29, 1.82) is 0 Å². The van der Waals surface area contributed by atoms with Crippen molar-refractivity contribution in [2.75, 3.05) is 11.9 Å². The van der Waals surface area contributed by atoms with Crippen LogP contribution in [0.15, 0.2) is 18.3 Å². The van der Waals surface area contributed by atoms with Crippen LogP contribution in [0.3, 0.4) is 0 Å². The Labute approximate surface area is 106 Å². The van der Waals surface area contributed by atoms with Gasteiger partial charge in [0.2, 0.25) is 0 Å². The van der Waals surface area contributed by atoms with E-state index >= 15 is 0 Å². The number of carbonyl (C=O) groups is 1. The van der Waals surface area contributed by atoms with Crippen LogP contribution in [-0.4, -0.2) is 17.6 Å². The molecule has 18 heavy (non-hydrogen) atoms. The van der Waals surface area contributed by atoms with Gasteiger partial charge in [0.05, 0.1) is 0 Å². The van der Waals surface area contributed by atoms with Crippen LogP contribution < -0.4 is 10.6 Å². The topological polar surface area (TPSA) is 54.0 Å². The van der Waals surface area contributed by atoms with E-state index in [1.807, 2.05) is 0 Å². The minimum absolute atomic E-state index is 0.0332. The molecule has 2 amide bonds. The Morgan fingerprint density at radius 1 is 1.56 bits per heavy atom. The lowest BCUT2D eigenvalue weighted by molar-refractivity contribution is 0.127. The lowest BCUT2D eigenvalue weighted by Gasteiger charge is -2.41. The molecule has 0 radical (unpaired) electrons. The molecule has 1 fully saturated rings. The van der Waals surface area contributed by atoms with E-state index in [4.69, 9.17) is 0 Å². The summed E-state index contributed by atoms with van der Waals surface area (Å²) in [5.74, 6) is -0.560. The van der Waals surface area contributed by atoms with Gasteiger partial charge in [-0.25, -0.2) is 14.2 Å². The number of hydrogen-bond acceptors (Lipinski definition) is 2. The van der Waals surface area contributed by atoms with Crippen molar-refractivity contribution in [3.05, 3.63) is 24.1 Å². The number of anilines is 1. The van der Waals surface area contributed by atoms with Gasteiger partial charge in [-0.2, -0.15) is 0 Å². The smallest absolute Gasteiger partial charge is 0.320 e. The van der Waals surface area contributed by atoms with E-state index in [0.29, 0.717) is 6.54 Å². The lowest BCUT2D eigenvalue weighted by atomic mass is 9.67. The summed E-state index contributed by atoms with van der Waals surface area (Å²) in [6, 6.07) is 2.35. The van der Waals surface area contributed by atoms with Crippen LogP contribution in [0.25, 0.3) is 0 Å². The van der Waals surface area contributed by atoms with Crippen molar-refractivity contribution in [2.24, 2.45) is 5.41 Å². The van der Waals surface area contributed by atoms with Gasteiger partial charge in [-0.1, -0.05) is 13.3 Å². The zero-order valence-corrected chi connectivity index (χ0v) is 10.5. The van der Waals surface area contributed by atoms with Crippen molar-refractivity contribution in [3.8, 4) is 0 Å². The molecule has 0 aliphatic heterocycles. The van der Waals surface area contributed by atoms with Gasteiger partial charge in [-0.05, 0) is 36.8 Å². The van der Waals surface area contributed by atoms with E-state index in [2.05, 4.69) is 22.5 Å². The van der Waals surface area contributed by atoms with Crippen LogP contribution in [-0.2, 0) is 0 Å². The molecule has 1 saturated carbocycles. The minimum atomic E-state index is -0.526. The summed E-state index contributed by atoms with van der Waals surface area (Å²) in [6.45, 7) is 2.78. The summed E-state index contributed by atoms with van der Waals surface area (Å²) >= 11 is 0. The van der Waals surface area contributed by atoms with E-state index in [0.717, 1.165) is 19.3 Å². The number of aromatic nitrogens is 1. The molecule has 1 heterocycles. The molecule has 5 heteroatoms. The number of nitrogens with one attached hydrogen (secondary N) is 2. The van der Waals surface area contributed by atoms with Gasteiger partial charge in [-0.15, -0.1) is 0 Å². The fourth-order valence-electron chi connectivity index (χ4n) is 2.23. The van der Waals surface area contributed by atoms with Gasteiger partial charge in [0.25, 0.3) is 0 Å². The number of hydrogen-bond donors (Lipinski definition) is 2. The van der Waals surface area contributed by atoms with Crippen LogP contribution in [0.2, 0.25) is 0 Å². The molecule has 0 bridgehead atoms. The Balaban J connectivity index is 1.84. The number of halogens is 1. The monoisotopic (exact) mass is 251 g/mol. The van der Waals surface area contributed by atoms with E-state index in [1.165, 1.54) is 24.8 Å². The molecular weight excluding hydrogens is 233 g/mol. The number of pyridine rings is 1. The first-order valence-corrected chi connectivity index (χ1v) is 6.31. The molecule has 0 saturated heterocycles. The van der Waals surface area contributed by atoms with Crippen molar-refractivity contribution >= 4 is 11.8 Å². The molecule has 1 aliphatic carbocycles. The molecular formula is C13H18FN3O. The molecule has 0 aromatic carbocycles. The third kappa shape index (κ3) is 2.78. The van der Waals surface area contributed by atoms with Gasteiger partial charge in [0, 0.05) is 12.7 Å². The molecule has 0 spiro atoms. The average Bonchev–Trinajstić information content (AvgIpc) is 2.31. The molecule has 2 N–H and O–H groups in total. The molecule has 98 valence electrons. The summed E-state index contributed by atoms with van der Waals surface area (Å²) in [4.78, 5) is 15.4. The van der Waals surface area contributed by atoms with Crippen LogP contribution in [0.4, 0.5) is 15.0 Å². The predicted molar refractivity (Wildman–Crippen MR) is 67.8 cm³/mol.